The lowest BCUT2D eigenvalue weighted by atomic mass is 9.91. The number of para-hydroxylation sites is 3. The molecular formula is C52H33F3N2. The van der Waals surface area contributed by atoms with Crippen molar-refractivity contribution in [3.05, 3.63) is 218 Å². The van der Waals surface area contributed by atoms with Crippen LogP contribution in [0, 0.1) is 17.5 Å². The summed E-state index contributed by atoms with van der Waals surface area (Å²) in [4.78, 5) is 3.67. The zero-order chi connectivity index (χ0) is 38.5. The monoisotopic (exact) mass is 742 g/mol. The van der Waals surface area contributed by atoms with Crippen LogP contribution >= 0.6 is 0 Å². The van der Waals surface area contributed by atoms with Gasteiger partial charge in [0.15, 0.2) is 0 Å². The molecular weight excluding hydrogens is 710 g/mol. The highest BCUT2D eigenvalue weighted by molar-refractivity contribution is 6.28. The quantitative estimate of drug-likeness (QED) is 0.143. The molecule has 57 heavy (non-hydrogen) atoms. The Morgan fingerprint density at radius 3 is 1.32 bits per heavy atom. The van der Waals surface area contributed by atoms with Gasteiger partial charge < -0.3 is 9.80 Å². The van der Waals surface area contributed by atoms with Gasteiger partial charge in [-0.3, -0.25) is 0 Å². The Morgan fingerprint density at radius 2 is 0.772 bits per heavy atom. The Bertz CT molecular complexity index is 3010. The molecule has 272 valence electrons. The minimum atomic E-state index is -0.471. The molecule has 0 N–H and O–H groups in total. The van der Waals surface area contributed by atoms with Crippen molar-refractivity contribution >= 4 is 66.4 Å². The molecule has 10 rings (SSSR count). The minimum Gasteiger partial charge on any atom is -0.307 e. The van der Waals surface area contributed by atoms with Gasteiger partial charge in [-0.2, -0.15) is 0 Å². The van der Waals surface area contributed by atoms with E-state index in [2.05, 4.69) is 36.4 Å². The molecule has 0 fully saturated rings. The molecule has 0 saturated heterocycles. The predicted molar refractivity (Wildman–Crippen MR) is 230 cm³/mol. The highest BCUT2D eigenvalue weighted by Crippen LogP contribution is 2.50. The third-order valence-corrected chi connectivity index (χ3v) is 10.8. The maximum absolute atomic E-state index is 17.3. The summed E-state index contributed by atoms with van der Waals surface area (Å²) < 4.78 is 48.7. The van der Waals surface area contributed by atoms with Crippen molar-refractivity contribution in [2.24, 2.45) is 0 Å². The summed E-state index contributed by atoms with van der Waals surface area (Å²) in [7, 11) is 0. The summed E-state index contributed by atoms with van der Waals surface area (Å²) in [5.41, 5.74) is 6.43. The summed E-state index contributed by atoms with van der Waals surface area (Å²) in [6.45, 7) is 0. The molecule has 0 bridgehead atoms. The third-order valence-electron chi connectivity index (χ3n) is 10.8. The second-order valence-electron chi connectivity index (χ2n) is 14.1. The average Bonchev–Trinajstić information content (AvgIpc) is 3.26. The number of benzene rings is 10. The fourth-order valence-electron chi connectivity index (χ4n) is 8.24. The zero-order valence-corrected chi connectivity index (χ0v) is 30.6. The highest BCUT2D eigenvalue weighted by Gasteiger charge is 2.27. The van der Waals surface area contributed by atoms with E-state index in [0.29, 0.717) is 11.4 Å². The fraction of sp³-hybridized carbons (Fsp3) is 0. The molecule has 0 aliphatic rings. The number of halogens is 3. The van der Waals surface area contributed by atoms with Crippen LogP contribution in [0.15, 0.2) is 200 Å². The van der Waals surface area contributed by atoms with E-state index in [9.17, 15) is 0 Å². The zero-order valence-electron chi connectivity index (χ0n) is 30.6. The van der Waals surface area contributed by atoms with Gasteiger partial charge in [-0.1, -0.05) is 140 Å². The first kappa shape index (κ1) is 34.1. The largest absolute Gasteiger partial charge is 0.307 e. The van der Waals surface area contributed by atoms with Crippen LogP contribution in [0.2, 0.25) is 0 Å². The van der Waals surface area contributed by atoms with Gasteiger partial charge in [0, 0.05) is 22.0 Å². The molecule has 2 nitrogen and oxygen atoms in total. The van der Waals surface area contributed by atoms with Crippen molar-refractivity contribution in [1.82, 2.24) is 0 Å². The maximum atomic E-state index is 17.3. The van der Waals surface area contributed by atoms with E-state index in [4.69, 9.17) is 0 Å². The number of rotatable bonds is 8. The highest BCUT2D eigenvalue weighted by atomic mass is 19.1. The third kappa shape index (κ3) is 5.83. The van der Waals surface area contributed by atoms with E-state index in [1.807, 2.05) is 114 Å². The summed E-state index contributed by atoms with van der Waals surface area (Å²) in [5.74, 6) is -1.30. The maximum Gasteiger partial charge on any atom is 0.148 e. The van der Waals surface area contributed by atoms with Crippen molar-refractivity contribution in [2.45, 2.75) is 0 Å². The van der Waals surface area contributed by atoms with Gasteiger partial charge in [0.05, 0.1) is 28.4 Å². The van der Waals surface area contributed by atoms with Gasteiger partial charge in [0.1, 0.15) is 17.5 Å². The second-order valence-corrected chi connectivity index (χ2v) is 14.1. The van der Waals surface area contributed by atoms with Gasteiger partial charge in [-0.05, 0) is 98.9 Å². The lowest BCUT2D eigenvalue weighted by Gasteiger charge is -2.31. The Labute approximate surface area is 328 Å². The minimum absolute atomic E-state index is 0.233. The van der Waals surface area contributed by atoms with E-state index in [0.717, 1.165) is 65.9 Å². The molecule has 0 atom stereocenters. The predicted octanol–water partition coefficient (Wildman–Crippen LogP) is 15.3. The smallest absolute Gasteiger partial charge is 0.148 e. The first-order valence-corrected chi connectivity index (χ1v) is 18.8. The molecule has 0 aliphatic carbocycles. The van der Waals surface area contributed by atoms with Crippen LogP contribution < -0.4 is 9.80 Å². The number of hydrogen-bond acceptors (Lipinski definition) is 2. The molecule has 0 aromatic heterocycles. The van der Waals surface area contributed by atoms with Crippen molar-refractivity contribution in [3.63, 3.8) is 0 Å². The molecule has 10 aromatic rings. The van der Waals surface area contributed by atoms with Crippen molar-refractivity contribution in [3.8, 4) is 22.3 Å². The number of hydrogen-bond donors (Lipinski definition) is 0. The van der Waals surface area contributed by atoms with Gasteiger partial charge >= 0.3 is 0 Å². The lowest BCUT2D eigenvalue weighted by Crippen LogP contribution is -2.14. The molecule has 10 aromatic carbocycles. The Hall–Kier alpha value is -7.37. The number of anilines is 6. The van der Waals surface area contributed by atoms with Crippen molar-refractivity contribution in [2.75, 3.05) is 9.80 Å². The van der Waals surface area contributed by atoms with Crippen LogP contribution in [-0.4, -0.2) is 0 Å². The first-order chi connectivity index (χ1) is 28.0. The first-order valence-electron chi connectivity index (χ1n) is 18.8. The summed E-state index contributed by atoms with van der Waals surface area (Å²) in [6, 6.07) is 62.5. The van der Waals surface area contributed by atoms with E-state index in [1.54, 1.807) is 47.4 Å². The molecule has 5 heteroatoms. The molecule has 0 spiro atoms. The Morgan fingerprint density at radius 1 is 0.316 bits per heavy atom. The van der Waals surface area contributed by atoms with Gasteiger partial charge in [0.25, 0.3) is 0 Å². The topological polar surface area (TPSA) is 6.48 Å². The lowest BCUT2D eigenvalue weighted by molar-refractivity contribution is 0.619. The van der Waals surface area contributed by atoms with Crippen LogP contribution in [0.1, 0.15) is 0 Å². The summed E-state index contributed by atoms with van der Waals surface area (Å²) in [5, 5.41) is 5.60. The molecule has 0 unspecified atom stereocenters. The van der Waals surface area contributed by atoms with E-state index >= 15 is 13.2 Å². The van der Waals surface area contributed by atoms with Crippen molar-refractivity contribution < 1.29 is 13.2 Å². The average molecular weight is 743 g/mol. The fourth-order valence-corrected chi connectivity index (χ4v) is 8.24. The SMILES string of the molecule is Fc1ccccc1N(c1ccccc1F)c1ccc2ccc3c(N(c4ccccc4)c4c(F)cc(-c5ccccc5)cc4-c4ccccc4)ccc4ccc1c2c43. The van der Waals surface area contributed by atoms with E-state index < -0.39 is 11.6 Å². The second kappa shape index (κ2) is 14.0. The van der Waals surface area contributed by atoms with Crippen LogP contribution in [0.3, 0.4) is 0 Å². The van der Waals surface area contributed by atoms with Crippen LogP contribution in [0.25, 0.3) is 54.6 Å². The normalized spacial score (nSPS) is 11.4. The van der Waals surface area contributed by atoms with E-state index in [1.165, 1.54) is 12.1 Å². The number of nitrogens with zero attached hydrogens (tertiary/aromatic N) is 2. The van der Waals surface area contributed by atoms with Crippen molar-refractivity contribution in [1.29, 1.82) is 0 Å². The Balaban J connectivity index is 1.26. The van der Waals surface area contributed by atoms with E-state index in [-0.39, 0.29) is 17.2 Å². The summed E-state index contributed by atoms with van der Waals surface area (Å²) in [6.07, 6.45) is 0. The van der Waals surface area contributed by atoms with Crippen LogP contribution in [0.5, 0.6) is 0 Å². The van der Waals surface area contributed by atoms with Gasteiger partial charge in [-0.15, -0.1) is 0 Å². The Kier molecular flexibility index (Phi) is 8.41. The van der Waals surface area contributed by atoms with Gasteiger partial charge in [0.2, 0.25) is 0 Å². The summed E-state index contributed by atoms with van der Waals surface area (Å²) >= 11 is 0. The van der Waals surface area contributed by atoms with Gasteiger partial charge in [-0.25, -0.2) is 13.2 Å². The molecule has 0 amide bonds. The molecule has 0 radical (unpaired) electrons. The van der Waals surface area contributed by atoms with Crippen LogP contribution in [0.4, 0.5) is 47.3 Å². The molecule has 0 aliphatic heterocycles. The van der Waals surface area contributed by atoms with Crippen LogP contribution in [-0.2, 0) is 0 Å². The molecule has 0 saturated carbocycles. The molecule has 0 heterocycles. The standard InChI is InChI=1S/C52H33F3N2/c53-43-20-10-12-22-48(43)57(49-23-13-11-21-44(49)54)47-31-27-37-24-28-40-46(30-26-36-25-29-41(47)51(37)50(36)40)56(39-18-8-3-9-19-39)52-42(35-16-6-2-7-17-35)32-38(33-45(52)55)34-14-4-1-5-15-34/h1-33H.